The normalized spacial score (nSPS) is 10.5. The van der Waals surface area contributed by atoms with Gasteiger partial charge >= 0.3 is 0 Å². The molecule has 1 aromatic heterocycles. The summed E-state index contributed by atoms with van der Waals surface area (Å²) in [5.41, 5.74) is 0.735. The predicted octanol–water partition coefficient (Wildman–Crippen LogP) is 3.48. The second-order valence-corrected chi connectivity index (χ2v) is 6.80. The van der Waals surface area contributed by atoms with Gasteiger partial charge in [0.1, 0.15) is 0 Å². The third kappa shape index (κ3) is 4.98. The molecule has 5 heteroatoms. The molecule has 0 spiro atoms. The Morgan fingerprint density at radius 2 is 2.00 bits per heavy atom. The van der Waals surface area contributed by atoms with Crippen molar-refractivity contribution in [3.8, 4) is 6.07 Å². The maximum absolute atomic E-state index is 12.2. The number of nitrogens with zero attached hydrogens (tertiary/aromatic N) is 2. The molecule has 1 heterocycles. The topological polar surface area (TPSA) is 61.2 Å². The van der Waals surface area contributed by atoms with Crippen LogP contribution in [0.2, 0.25) is 0 Å². The molecule has 0 atom stereocenters. The van der Waals surface area contributed by atoms with E-state index in [9.17, 15) is 9.59 Å². The molecule has 0 aromatic carbocycles. The average Bonchev–Trinajstić information content (AvgIpc) is 2.75. The van der Waals surface area contributed by atoms with Crippen LogP contribution in [0.3, 0.4) is 0 Å². The van der Waals surface area contributed by atoms with Gasteiger partial charge in [0.15, 0.2) is 5.78 Å². The monoisotopic (exact) mass is 306 g/mol. The van der Waals surface area contributed by atoms with Crippen molar-refractivity contribution in [2.24, 2.45) is 0 Å². The number of thiophene rings is 1. The van der Waals surface area contributed by atoms with Crippen molar-refractivity contribution < 1.29 is 9.59 Å². The van der Waals surface area contributed by atoms with Crippen LogP contribution in [0.15, 0.2) is 6.07 Å². The molecule has 21 heavy (non-hydrogen) atoms. The molecule has 4 nitrogen and oxygen atoms in total. The summed E-state index contributed by atoms with van der Waals surface area (Å²) in [5, 5.41) is 8.64. The van der Waals surface area contributed by atoms with Crippen molar-refractivity contribution in [3.63, 3.8) is 0 Å². The third-order valence-electron chi connectivity index (χ3n) is 3.32. The molecule has 114 valence electrons. The van der Waals surface area contributed by atoms with Crippen LogP contribution in [0.1, 0.15) is 53.2 Å². The Morgan fingerprint density at radius 3 is 2.48 bits per heavy atom. The van der Waals surface area contributed by atoms with Gasteiger partial charge in [-0.25, -0.2) is 0 Å². The van der Waals surface area contributed by atoms with E-state index in [1.54, 1.807) is 16.2 Å². The summed E-state index contributed by atoms with van der Waals surface area (Å²) in [6.45, 7) is 8.17. The summed E-state index contributed by atoms with van der Waals surface area (Å²) in [6.07, 6.45) is 0.753. The minimum atomic E-state index is -0.0572. The van der Waals surface area contributed by atoms with Gasteiger partial charge in [-0.3, -0.25) is 9.59 Å². The summed E-state index contributed by atoms with van der Waals surface area (Å²) >= 11 is 1.60. The molecule has 0 aliphatic rings. The van der Waals surface area contributed by atoms with E-state index in [0.717, 1.165) is 15.3 Å². The van der Waals surface area contributed by atoms with Crippen LogP contribution in [0.4, 0.5) is 0 Å². The third-order valence-corrected chi connectivity index (χ3v) is 4.28. The summed E-state index contributed by atoms with van der Waals surface area (Å²) in [4.78, 5) is 28.1. The first-order chi connectivity index (χ1) is 9.86. The minimum absolute atomic E-state index is 0.0224. The Kier molecular flexibility index (Phi) is 6.57. The van der Waals surface area contributed by atoms with Crippen LogP contribution in [0.25, 0.3) is 0 Å². The molecule has 0 aliphatic heterocycles. The maximum atomic E-state index is 12.2. The second kappa shape index (κ2) is 7.94. The van der Waals surface area contributed by atoms with Crippen LogP contribution in [-0.2, 0) is 4.79 Å². The number of rotatable bonds is 7. The molecule has 0 radical (unpaired) electrons. The standard InChI is InChI=1S/C16H22N2O2S/c1-11(2)18(9-5-8-17)16(20)7-6-15(19)14-10-12(3)21-13(14)4/h10-11H,5-7,9H2,1-4H3. The van der Waals surface area contributed by atoms with Crippen molar-refractivity contribution >= 4 is 23.0 Å². The van der Waals surface area contributed by atoms with E-state index in [1.165, 1.54) is 0 Å². The van der Waals surface area contributed by atoms with E-state index < -0.39 is 0 Å². The number of hydrogen-bond acceptors (Lipinski definition) is 4. The number of carbonyl (C=O) groups excluding carboxylic acids is 2. The zero-order valence-electron chi connectivity index (χ0n) is 13.1. The fourth-order valence-electron chi connectivity index (χ4n) is 2.25. The van der Waals surface area contributed by atoms with Gasteiger partial charge in [-0.05, 0) is 33.8 Å². The smallest absolute Gasteiger partial charge is 0.223 e. The first-order valence-electron chi connectivity index (χ1n) is 7.13. The SMILES string of the molecule is Cc1cc(C(=O)CCC(=O)N(CCC#N)C(C)C)c(C)s1. The van der Waals surface area contributed by atoms with Crippen molar-refractivity contribution in [3.05, 3.63) is 21.4 Å². The summed E-state index contributed by atoms with van der Waals surface area (Å²) < 4.78 is 0. The number of hydrogen-bond donors (Lipinski definition) is 0. The predicted molar refractivity (Wildman–Crippen MR) is 84.4 cm³/mol. The highest BCUT2D eigenvalue weighted by atomic mass is 32.1. The zero-order valence-corrected chi connectivity index (χ0v) is 13.9. The van der Waals surface area contributed by atoms with E-state index in [2.05, 4.69) is 0 Å². The van der Waals surface area contributed by atoms with Crippen LogP contribution >= 0.6 is 11.3 Å². The summed E-state index contributed by atoms with van der Waals surface area (Å²) in [5.74, 6) is -0.0348. The lowest BCUT2D eigenvalue weighted by atomic mass is 10.1. The van der Waals surface area contributed by atoms with Crippen LogP contribution < -0.4 is 0 Å². The molecule has 0 saturated carbocycles. The first-order valence-corrected chi connectivity index (χ1v) is 7.95. The van der Waals surface area contributed by atoms with Gasteiger partial charge in [-0.15, -0.1) is 11.3 Å². The van der Waals surface area contributed by atoms with E-state index in [0.29, 0.717) is 13.0 Å². The Bertz CT molecular complexity index is 555. The van der Waals surface area contributed by atoms with Crippen molar-refractivity contribution in [2.75, 3.05) is 6.54 Å². The van der Waals surface area contributed by atoms with Gasteiger partial charge in [0.2, 0.25) is 5.91 Å². The van der Waals surface area contributed by atoms with Crippen LogP contribution in [-0.4, -0.2) is 29.2 Å². The summed E-state index contributed by atoms with van der Waals surface area (Å²) in [7, 11) is 0. The van der Waals surface area contributed by atoms with Gasteiger partial charge in [-0.2, -0.15) is 5.26 Å². The van der Waals surface area contributed by atoms with Gasteiger partial charge in [0.05, 0.1) is 12.5 Å². The van der Waals surface area contributed by atoms with Crippen molar-refractivity contribution in [2.45, 2.75) is 53.0 Å². The van der Waals surface area contributed by atoms with Gasteiger partial charge in [0.25, 0.3) is 0 Å². The number of nitriles is 1. The Labute approximate surface area is 130 Å². The van der Waals surface area contributed by atoms with E-state index >= 15 is 0 Å². The lowest BCUT2D eigenvalue weighted by Crippen LogP contribution is -2.37. The van der Waals surface area contributed by atoms with E-state index in [4.69, 9.17) is 5.26 Å². The highest BCUT2D eigenvalue weighted by Crippen LogP contribution is 2.22. The fraction of sp³-hybridized carbons (Fsp3) is 0.562. The second-order valence-electron chi connectivity index (χ2n) is 5.34. The molecule has 0 aliphatic carbocycles. The summed E-state index contributed by atoms with van der Waals surface area (Å²) in [6, 6.07) is 3.99. The first kappa shape index (κ1) is 17.4. The highest BCUT2D eigenvalue weighted by molar-refractivity contribution is 7.12. The lowest BCUT2D eigenvalue weighted by Gasteiger charge is -2.25. The minimum Gasteiger partial charge on any atom is -0.339 e. The van der Waals surface area contributed by atoms with E-state index in [-0.39, 0.29) is 30.6 Å². The van der Waals surface area contributed by atoms with Crippen LogP contribution in [0.5, 0.6) is 0 Å². The molecular weight excluding hydrogens is 284 g/mol. The molecule has 0 saturated heterocycles. The molecule has 1 aromatic rings. The number of amides is 1. The molecule has 0 unspecified atom stereocenters. The maximum Gasteiger partial charge on any atom is 0.223 e. The molecule has 0 bridgehead atoms. The number of carbonyl (C=O) groups is 2. The molecular formula is C16H22N2O2S. The Balaban J connectivity index is 2.60. The largest absolute Gasteiger partial charge is 0.339 e. The Hall–Kier alpha value is -1.67. The fourth-order valence-corrected chi connectivity index (χ4v) is 3.19. The molecule has 1 amide bonds. The Morgan fingerprint density at radius 1 is 1.33 bits per heavy atom. The zero-order chi connectivity index (χ0) is 16.0. The molecule has 0 N–H and O–H groups in total. The van der Waals surface area contributed by atoms with E-state index in [1.807, 2.05) is 39.8 Å². The van der Waals surface area contributed by atoms with Crippen LogP contribution in [0, 0.1) is 25.2 Å². The quantitative estimate of drug-likeness (QED) is 0.725. The average molecular weight is 306 g/mol. The number of aryl methyl sites for hydroxylation is 2. The lowest BCUT2D eigenvalue weighted by molar-refractivity contribution is -0.132. The van der Waals surface area contributed by atoms with Gasteiger partial charge < -0.3 is 4.90 Å². The molecule has 1 rings (SSSR count). The van der Waals surface area contributed by atoms with Crippen molar-refractivity contribution in [1.82, 2.24) is 4.90 Å². The van der Waals surface area contributed by atoms with Gasteiger partial charge in [0, 0.05) is 40.7 Å². The number of ketones is 1. The highest BCUT2D eigenvalue weighted by Gasteiger charge is 2.19. The van der Waals surface area contributed by atoms with Crippen molar-refractivity contribution in [1.29, 1.82) is 5.26 Å². The number of Topliss-reactive ketones (excluding diaryl/α,β-unsaturated/α-hetero) is 1. The molecule has 0 fully saturated rings. The van der Waals surface area contributed by atoms with Gasteiger partial charge in [-0.1, -0.05) is 0 Å².